The van der Waals surface area contributed by atoms with E-state index in [-0.39, 0.29) is 39.8 Å². The van der Waals surface area contributed by atoms with Crippen LogP contribution in [0.3, 0.4) is 0 Å². The Morgan fingerprint density at radius 2 is 0.640 bits per heavy atom. The summed E-state index contributed by atoms with van der Waals surface area (Å²) in [4.78, 5) is 0. The van der Waals surface area contributed by atoms with E-state index in [2.05, 4.69) is 158 Å². The Hall–Kier alpha value is -3.12. The summed E-state index contributed by atoms with van der Waals surface area (Å²) in [6.07, 6.45) is 0. The molecule has 0 bridgehead atoms. The molecule has 2 heteroatoms. The van der Waals surface area contributed by atoms with E-state index in [4.69, 9.17) is 0 Å². The molecule has 2 aromatic heterocycles. The SMILES string of the molecule is Cc1cc(C)c(C)c(-c2c3cc(C(C)(C)C)ccc3[se+]c3cc4c(-c5c(C)c(C)cc(C)c5C)c5cc(C(C)(C)C)ccc5[se+]c4cc23)c1C. The summed E-state index contributed by atoms with van der Waals surface area (Å²) in [6.45, 7) is 32.6. The second kappa shape index (κ2) is 12.2. The maximum atomic E-state index is 2.65. The van der Waals surface area contributed by atoms with Crippen LogP contribution in [0.1, 0.15) is 97.2 Å². The zero-order chi connectivity index (χ0) is 36.2. The van der Waals surface area contributed by atoms with Gasteiger partial charge in [-0.15, -0.1) is 0 Å². The molecule has 0 radical (unpaired) electrons. The van der Waals surface area contributed by atoms with Crippen molar-refractivity contribution < 1.29 is 0 Å². The van der Waals surface area contributed by atoms with Gasteiger partial charge in [0.25, 0.3) is 0 Å². The molecule has 0 nitrogen and oxygen atoms in total. The second-order valence-corrected chi connectivity index (χ2v) is 21.5. The molecule has 5 aromatic carbocycles. The van der Waals surface area contributed by atoms with E-state index in [1.165, 1.54) is 116 Å². The van der Waals surface area contributed by atoms with Crippen molar-refractivity contribution >= 4 is 67.6 Å². The average Bonchev–Trinajstić information content (AvgIpc) is 3.04. The summed E-state index contributed by atoms with van der Waals surface area (Å²) in [5.74, 6) is 0. The Morgan fingerprint density at radius 1 is 0.340 bits per heavy atom. The van der Waals surface area contributed by atoms with Gasteiger partial charge in [-0.3, -0.25) is 0 Å². The Labute approximate surface area is 312 Å². The normalized spacial score (nSPS) is 12.6. The van der Waals surface area contributed by atoms with Gasteiger partial charge < -0.3 is 0 Å². The van der Waals surface area contributed by atoms with Crippen LogP contribution in [-0.2, 0) is 10.8 Å². The van der Waals surface area contributed by atoms with Gasteiger partial charge in [0.05, 0.1) is 0 Å². The van der Waals surface area contributed by atoms with Gasteiger partial charge in [0, 0.05) is 0 Å². The molecule has 0 aliphatic carbocycles. The predicted octanol–water partition coefficient (Wildman–Crippen LogP) is 13.4. The predicted molar refractivity (Wildman–Crippen MR) is 225 cm³/mol. The Balaban J connectivity index is 1.74. The monoisotopic (exact) mass is 788 g/mol. The maximum absolute atomic E-state index is 2.65. The molecule has 2 heterocycles. The summed E-state index contributed by atoms with van der Waals surface area (Å²) in [6, 6.07) is 24.9. The minimum atomic E-state index is 0.0835. The first kappa shape index (κ1) is 35.3. The van der Waals surface area contributed by atoms with Gasteiger partial charge in [-0.1, -0.05) is 0 Å². The summed E-state index contributed by atoms with van der Waals surface area (Å²) in [7, 11) is 0. The van der Waals surface area contributed by atoms with E-state index >= 15 is 0 Å². The van der Waals surface area contributed by atoms with Crippen molar-refractivity contribution in [3.63, 3.8) is 0 Å². The summed E-state index contributed by atoms with van der Waals surface area (Å²) < 4.78 is 6.04. The van der Waals surface area contributed by atoms with Crippen molar-refractivity contribution in [2.24, 2.45) is 0 Å². The quantitative estimate of drug-likeness (QED) is 0.121. The number of aryl methyl sites for hydroxylation is 4. The van der Waals surface area contributed by atoms with Gasteiger partial charge >= 0.3 is 314 Å². The minimum absolute atomic E-state index is 0.0835. The number of hydrogen-bond donors (Lipinski definition) is 0. The van der Waals surface area contributed by atoms with Crippen LogP contribution < -0.4 is 0 Å². The van der Waals surface area contributed by atoms with Crippen LogP contribution in [0.4, 0.5) is 0 Å². The van der Waals surface area contributed by atoms with Gasteiger partial charge in [-0.2, -0.15) is 0 Å². The van der Waals surface area contributed by atoms with E-state index < -0.39 is 0 Å². The second-order valence-electron chi connectivity index (χ2n) is 17.0. The molecule has 0 unspecified atom stereocenters. The first-order chi connectivity index (χ1) is 23.4. The summed E-state index contributed by atoms with van der Waals surface area (Å²) in [5, 5.41) is 5.82. The first-order valence-corrected chi connectivity index (χ1v) is 21.5. The van der Waals surface area contributed by atoms with E-state index in [0.717, 1.165) is 0 Å². The third-order valence-corrected chi connectivity index (χ3v) is 16.3. The Bertz CT molecular complexity index is 2330. The van der Waals surface area contributed by atoms with Crippen LogP contribution >= 0.6 is 0 Å². The van der Waals surface area contributed by atoms with Crippen LogP contribution in [0.15, 0.2) is 60.7 Å². The standard InChI is InChI=1S/C48H52Se2/c1-25-19-26(2)30(6)43(29(25)5)45-35-21-33(47(9,10)11)15-17-39(35)49-41-24-38-42(23-37(41)45)50-40-18-16-34(48(12,13)14)22-36(40)46(38)44-31(7)27(3)20-28(4)32(44)8/h15-24H,1-14H3/q+2. The van der Waals surface area contributed by atoms with Crippen LogP contribution in [0, 0.1) is 55.4 Å². The molecular weight excluding hydrogens is 734 g/mol. The molecule has 0 fully saturated rings. The zero-order valence-corrected chi connectivity index (χ0v) is 36.0. The van der Waals surface area contributed by atoms with Crippen molar-refractivity contribution in [1.29, 1.82) is 0 Å². The fourth-order valence-corrected chi connectivity index (χ4v) is 12.5. The van der Waals surface area contributed by atoms with Crippen LogP contribution in [-0.4, -0.2) is 29.0 Å². The molecule has 0 spiro atoms. The molecule has 0 N–H and O–H groups in total. The summed E-state index contributed by atoms with van der Waals surface area (Å²) in [5.41, 5.74) is 19.9. The third kappa shape index (κ3) is 5.72. The van der Waals surface area contributed by atoms with Gasteiger partial charge in [0.15, 0.2) is 0 Å². The van der Waals surface area contributed by atoms with Crippen molar-refractivity contribution in [2.45, 2.75) is 108 Å². The first-order valence-electron chi connectivity index (χ1n) is 18.1. The molecule has 0 saturated heterocycles. The average molecular weight is 787 g/mol. The molecule has 0 aliphatic rings. The fraction of sp³-hybridized carbons (Fsp3) is 0.333. The molecule has 7 rings (SSSR count). The number of benzene rings is 5. The van der Waals surface area contributed by atoms with Crippen LogP contribution in [0.25, 0.3) is 60.8 Å². The number of hydrogen-bond acceptors (Lipinski definition) is 0. The van der Waals surface area contributed by atoms with E-state index in [1.807, 2.05) is 0 Å². The Kier molecular flexibility index (Phi) is 8.64. The molecule has 0 saturated carbocycles. The molecule has 0 aliphatic heterocycles. The van der Waals surface area contributed by atoms with E-state index in [9.17, 15) is 0 Å². The molecule has 0 atom stereocenters. The van der Waals surface area contributed by atoms with Crippen molar-refractivity contribution in [2.75, 3.05) is 0 Å². The topological polar surface area (TPSA) is 0 Å². The molecule has 0 amide bonds. The van der Waals surface area contributed by atoms with Crippen molar-refractivity contribution in [1.82, 2.24) is 0 Å². The Morgan fingerprint density at radius 3 is 0.940 bits per heavy atom. The molecular formula is C48H52Se2+2. The van der Waals surface area contributed by atoms with Gasteiger partial charge in [0.1, 0.15) is 0 Å². The van der Waals surface area contributed by atoms with Gasteiger partial charge in [0.2, 0.25) is 0 Å². The number of fused-ring (bicyclic) bond motifs is 4. The molecule has 50 heavy (non-hydrogen) atoms. The zero-order valence-electron chi connectivity index (χ0n) is 32.6. The molecule has 7 aromatic rings. The third-order valence-electron chi connectivity index (χ3n) is 11.5. The van der Waals surface area contributed by atoms with Gasteiger partial charge in [-0.05, 0) is 0 Å². The number of rotatable bonds is 2. The van der Waals surface area contributed by atoms with Crippen molar-refractivity contribution in [3.05, 3.63) is 116 Å². The fourth-order valence-electron chi connectivity index (χ4n) is 7.93. The van der Waals surface area contributed by atoms with Gasteiger partial charge in [-0.25, -0.2) is 0 Å². The molecule has 254 valence electrons. The van der Waals surface area contributed by atoms with E-state index in [1.54, 1.807) is 0 Å². The summed E-state index contributed by atoms with van der Waals surface area (Å²) >= 11 is 0.386. The van der Waals surface area contributed by atoms with Crippen LogP contribution in [0.5, 0.6) is 0 Å². The van der Waals surface area contributed by atoms with Crippen molar-refractivity contribution in [3.8, 4) is 22.3 Å². The van der Waals surface area contributed by atoms with E-state index in [0.29, 0.717) is 0 Å². The van der Waals surface area contributed by atoms with Crippen LogP contribution in [0.2, 0.25) is 0 Å².